The molecule has 0 saturated carbocycles. The predicted octanol–water partition coefficient (Wildman–Crippen LogP) is 0.634. The van der Waals surface area contributed by atoms with E-state index in [9.17, 15) is 18.0 Å². The number of aryl methyl sites for hydroxylation is 3. The molecule has 0 saturated heterocycles. The number of hydrogen-bond acceptors (Lipinski definition) is 5. The maximum absolute atomic E-state index is 12.5. The topological polar surface area (TPSA) is 115 Å². The number of carbonyl (C=O) groups is 1. The third-order valence-electron chi connectivity index (χ3n) is 5.15. The van der Waals surface area contributed by atoms with Gasteiger partial charge in [0.25, 0.3) is 0 Å². The van der Waals surface area contributed by atoms with Crippen LogP contribution in [0.3, 0.4) is 0 Å². The highest BCUT2D eigenvalue weighted by atomic mass is 32.2. The summed E-state index contributed by atoms with van der Waals surface area (Å²) in [6.07, 6.45) is 4.19. The summed E-state index contributed by atoms with van der Waals surface area (Å²) in [4.78, 5) is 23.9. The first-order valence-electron chi connectivity index (χ1n) is 9.53. The van der Waals surface area contributed by atoms with Gasteiger partial charge in [-0.3, -0.25) is 9.36 Å². The Kier molecular flexibility index (Phi) is 5.07. The van der Waals surface area contributed by atoms with Crippen molar-refractivity contribution in [1.82, 2.24) is 19.1 Å². The molecular weight excluding hydrogens is 382 g/mol. The molecule has 10 heteroatoms. The number of carbonyl (C=O) groups excluding carboxylic acids is 1. The first-order chi connectivity index (χ1) is 13.4. The summed E-state index contributed by atoms with van der Waals surface area (Å²) in [5.41, 5.74) is 1.37. The van der Waals surface area contributed by atoms with E-state index in [1.54, 1.807) is 16.7 Å². The Morgan fingerprint density at radius 1 is 1.14 bits per heavy atom. The largest absolute Gasteiger partial charge is 0.345 e. The summed E-state index contributed by atoms with van der Waals surface area (Å²) in [6.45, 7) is 1.29. The molecule has 2 aliphatic rings. The molecule has 0 spiro atoms. The fraction of sp³-hybridized carbons (Fsp3) is 0.500. The number of amides is 1. The average Bonchev–Trinajstić information content (AvgIpc) is 3.01. The van der Waals surface area contributed by atoms with Crippen molar-refractivity contribution in [2.45, 2.75) is 56.5 Å². The first kappa shape index (κ1) is 18.9. The summed E-state index contributed by atoms with van der Waals surface area (Å²) in [5.74, 6) is 0.760. The highest BCUT2D eigenvalue weighted by Gasteiger charge is 2.20. The summed E-state index contributed by atoms with van der Waals surface area (Å²) < 4.78 is 30.8. The Morgan fingerprint density at radius 3 is 2.82 bits per heavy atom. The van der Waals surface area contributed by atoms with Crippen LogP contribution >= 0.6 is 0 Å². The van der Waals surface area contributed by atoms with Crippen LogP contribution in [0.1, 0.15) is 37.1 Å². The lowest BCUT2D eigenvalue weighted by atomic mass is 10.0. The minimum Gasteiger partial charge on any atom is -0.326 e. The van der Waals surface area contributed by atoms with Crippen molar-refractivity contribution in [3.05, 3.63) is 40.1 Å². The van der Waals surface area contributed by atoms with Gasteiger partial charge in [0.05, 0.1) is 4.90 Å². The second-order valence-electron chi connectivity index (χ2n) is 7.15. The molecule has 0 bridgehead atoms. The van der Waals surface area contributed by atoms with Gasteiger partial charge in [-0.1, -0.05) is 0 Å². The van der Waals surface area contributed by atoms with E-state index in [0.29, 0.717) is 38.0 Å². The molecule has 1 aromatic heterocycles. The number of aromatic nitrogens is 3. The van der Waals surface area contributed by atoms with E-state index in [-0.39, 0.29) is 23.0 Å². The number of rotatable bonds is 6. The Hall–Kier alpha value is -2.46. The van der Waals surface area contributed by atoms with Gasteiger partial charge in [0.15, 0.2) is 0 Å². The lowest BCUT2D eigenvalue weighted by molar-refractivity contribution is -0.116. The lowest BCUT2D eigenvalue weighted by Crippen LogP contribution is -2.29. The fourth-order valence-electron chi connectivity index (χ4n) is 3.64. The Morgan fingerprint density at radius 2 is 2.00 bits per heavy atom. The summed E-state index contributed by atoms with van der Waals surface area (Å²) in [7, 11) is -3.65. The van der Waals surface area contributed by atoms with Crippen LogP contribution in [0.25, 0.3) is 0 Å². The first-order valence-corrected chi connectivity index (χ1v) is 11.0. The number of hydrogen-bond donors (Lipinski definition) is 2. The standard InChI is InChI=1S/C18H23N5O4S/c24-17-8-5-13-12-14(6-7-15(13)20-17)28(26,27)19-9-3-11-23-18(25)22-10-2-1-4-16(22)21-23/h6-7,12,19H,1-5,8-11H2,(H,20,24). The van der Waals surface area contributed by atoms with Crippen molar-refractivity contribution >= 4 is 21.6 Å². The molecule has 9 nitrogen and oxygen atoms in total. The van der Waals surface area contributed by atoms with E-state index < -0.39 is 10.0 Å². The quantitative estimate of drug-likeness (QED) is 0.684. The second kappa shape index (κ2) is 7.51. The summed E-state index contributed by atoms with van der Waals surface area (Å²) in [5, 5.41) is 7.09. The fourth-order valence-corrected chi connectivity index (χ4v) is 4.76. The van der Waals surface area contributed by atoms with Crippen LogP contribution in [0.4, 0.5) is 5.69 Å². The van der Waals surface area contributed by atoms with Crippen molar-refractivity contribution < 1.29 is 13.2 Å². The van der Waals surface area contributed by atoms with Crippen molar-refractivity contribution in [3.63, 3.8) is 0 Å². The zero-order valence-corrected chi connectivity index (χ0v) is 16.3. The number of nitrogens with zero attached hydrogens (tertiary/aromatic N) is 3. The van der Waals surface area contributed by atoms with E-state index in [0.717, 1.165) is 30.7 Å². The molecule has 2 N–H and O–H groups in total. The van der Waals surface area contributed by atoms with Gasteiger partial charge in [0.2, 0.25) is 15.9 Å². The number of benzene rings is 1. The molecule has 1 aromatic carbocycles. The minimum atomic E-state index is -3.65. The summed E-state index contributed by atoms with van der Waals surface area (Å²) >= 11 is 0. The molecule has 4 rings (SSSR count). The van der Waals surface area contributed by atoms with Crippen molar-refractivity contribution in [2.75, 3.05) is 11.9 Å². The van der Waals surface area contributed by atoms with Crippen molar-refractivity contribution in [1.29, 1.82) is 0 Å². The SMILES string of the molecule is O=C1CCc2cc(S(=O)(=O)NCCCn3nc4n(c3=O)CCCC4)ccc2N1. The smallest absolute Gasteiger partial charge is 0.326 e. The van der Waals surface area contributed by atoms with Crippen LogP contribution in [0, 0.1) is 0 Å². The van der Waals surface area contributed by atoms with Crippen LogP contribution in [-0.2, 0) is 40.7 Å². The highest BCUT2D eigenvalue weighted by Crippen LogP contribution is 2.25. The third-order valence-corrected chi connectivity index (χ3v) is 6.61. The molecule has 28 heavy (non-hydrogen) atoms. The lowest BCUT2D eigenvalue weighted by Gasteiger charge is -2.17. The molecule has 2 aliphatic heterocycles. The third kappa shape index (κ3) is 3.74. The Bertz CT molecular complexity index is 1070. The minimum absolute atomic E-state index is 0.0579. The van der Waals surface area contributed by atoms with Crippen LogP contribution < -0.4 is 15.7 Å². The molecule has 0 aliphatic carbocycles. The molecule has 0 fully saturated rings. The zero-order valence-electron chi connectivity index (χ0n) is 15.5. The van der Waals surface area contributed by atoms with E-state index >= 15 is 0 Å². The molecule has 2 aromatic rings. The van der Waals surface area contributed by atoms with Crippen LogP contribution in [0.15, 0.2) is 27.9 Å². The molecule has 0 radical (unpaired) electrons. The molecular formula is C18H23N5O4S. The molecule has 3 heterocycles. The van der Waals surface area contributed by atoms with Gasteiger partial charge < -0.3 is 5.32 Å². The van der Waals surface area contributed by atoms with Crippen LogP contribution in [-0.4, -0.2) is 35.2 Å². The maximum atomic E-state index is 12.5. The summed E-state index contributed by atoms with van der Waals surface area (Å²) in [6, 6.07) is 4.71. The van der Waals surface area contributed by atoms with Crippen LogP contribution in [0.5, 0.6) is 0 Å². The normalized spacial score (nSPS) is 16.4. The Balaban J connectivity index is 1.36. The van der Waals surface area contributed by atoms with E-state index in [1.807, 2.05) is 0 Å². The van der Waals surface area contributed by atoms with Crippen molar-refractivity contribution in [3.8, 4) is 0 Å². The van der Waals surface area contributed by atoms with Gasteiger partial charge in [-0.25, -0.2) is 22.6 Å². The predicted molar refractivity (Wildman–Crippen MR) is 103 cm³/mol. The van der Waals surface area contributed by atoms with Gasteiger partial charge in [-0.05, 0) is 49.4 Å². The van der Waals surface area contributed by atoms with Crippen LogP contribution in [0.2, 0.25) is 0 Å². The van der Waals surface area contributed by atoms with Gasteiger partial charge in [0.1, 0.15) is 5.82 Å². The van der Waals surface area contributed by atoms with Gasteiger partial charge in [0, 0.05) is 38.2 Å². The molecule has 0 unspecified atom stereocenters. The van der Waals surface area contributed by atoms with Gasteiger partial charge in [-0.15, -0.1) is 0 Å². The second-order valence-corrected chi connectivity index (χ2v) is 8.92. The Labute approximate surface area is 162 Å². The van der Waals surface area contributed by atoms with Gasteiger partial charge in [-0.2, -0.15) is 5.10 Å². The van der Waals surface area contributed by atoms with E-state index in [1.165, 1.54) is 10.7 Å². The number of anilines is 1. The van der Waals surface area contributed by atoms with E-state index in [4.69, 9.17) is 0 Å². The monoisotopic (exact) mass is 405 g/mol. The molecule has 0 atom stereocenters. The van der Waals surface area contributed by atoms with Gasteiger partial charge >= 0.3 is 5.69 Å². The average molecular weight is 405 g/mol. The highest BCUT2D eigenvalue weighted by molar-refractivity contribution is 7.89. The zero-order chi connectivity index (χ0) is 19.7. The number of sulfonamides is 1. The number of fused-ring (bicyclic) bond motifs is 2. The maximum Gasteiger partial charge on any atom is 0.345 e. The molecule has 150 valence electrons. The molecule has 1 amide bonds. The van der Waals surface area contributed by atoms with Crippen molar-refractivity contribution in [2.24, 2.45) is 0 Å². The number of nitrogens with one attached hydrogen (secondary N) is 2. The van der Waals surface area contributed by atoms with E-state index in [2.05, 4.69) is 15.1 Å².